The molecule has 1 aromatic heterocycles. The summed E-state index contributed by atoms with van der Waals surface area (Å²) < 4.78 is 26.6. The largest absolute Gasteiger partial charge is 0.348 e. The Labute approximate surface area is 139 Å². The Morgan fingerprint density at radius 2 is 1.67 bits per heavy atom. The third kappa shape index (κ3) is 3.08. The predicted molar refractivity (Wildman–Crippen MR) is 88.3 cm³/mol. The lowest BCUT2D eigenvalue weighted by Crippen LogP contribution is -2.49. The van der Waals surface area contributed by atoms with Gasteiger partial charge in [0.15, 0.2) is 0 Å². The van der Waals surface area contributed by atoms with Gasteiger partial charge in [-0.2, -0.15) is 4.31 Å². The van der Waals surface area contributed by atoms with Gasteiger partial charge in [-0.15, -0.1) is 0 Å². The van der Waals surface area contributed by atoms with Crippen molar-refractivity contribution in [1.82, 2.24) is 9.29 Å². The van der Waals surface area contributed by atoms with Gasteiger partial charge in [0.2, 0.25) is 15.8 Å². The van der Waals surface area contributed by atoms with Crippen LogP contribution in [0.2, 0.25) is 0 Å². The van der Waals surface area contributed by atoms with Crippen molar-refractivity contribution in [1.29, 1.82) is 0 Å². The zero-order chi connectivity index (χ0) is 17.2. The van der Waals surface area contributed by atoms with Crippen molar-refractivity contribution in [3.63, 3.8) is 0 Å². The lowest BCUT2D eigenvalue weighted by molar-refractivity contribution is -0.384. The Morgan fingerprint density at radius 3 is 2.29 bits per heavy atom. The molecule has 0 N–H and O–H groups in total. The van der Waals surface area contributed by atoms with Crippen molar-refractivity contribution in [2.75, 3.05) is 31.1 Å². The maximum Gasteiger partial charge on any atom is 0.311 e. The van der Waals surface area contributed by atoms with Crippen LogP contribution in [0, 0.1) is 10.1 Å². The first-order valence-electron chi connectivity index (χ1n) is 7.40. The molecule has 1 aliphatic rings. The van der Waals surface area contributed by atoms with Crippen molar-refractivity contribution in [3.05, 3.63) is 58.8 Å². The van der Waals surface area contributed by atoms with Crippen LogP contribution in [-0.2, 0) is 10.0 Å². The highest BCUT2D eigenvalue weighted by molar-refractivity contribution is 7.89. The highest BCUT2D eigenvalue weighted by Crippen LogP contribution is 2.26. The Balaban J connectivity index is 1.76. The Morgan fingerprint density at radius 1 is 1.00 bits per heavy atom. The topological polar surface area (TPSA) is 96.7 Å². The second kappa shape index (κ2) is 6.54. The number of nitrogens with zero attached hydrogens (tertiary/aromatic N) is 4. The van der Waals surface area contributed by atoms with Crippen LogP contribution < -0.4 is 4.90 Å². The van der Waals surface area contributed by atoms with E-state index in [1.54, 1.807) is 35.2 Å². The fourth-order valence-corrected chi connectivity index (χ4v) is 4.10. The first kappa shape index (κ1) is 16.3. The summed E-state index contributed by atoms with van der Waals surface area (Å²) >= 11 is 0. The number of anilines is 1. The van der Waals surface area contributed by atoms with Crippen molar-refractivity contribution in [2.24, 2.45) is 0 Å². The molecule has 1 aromatic carbocycles. The van der Waals surface area contributed by atoms with E-state index < -0.39 is 14.9 Å². The molecule has 2 aromatic rings. The van der Waals surface area contributed by atoms with Crippen LogP contribution >= 0.6 is 0 Å². The van der Waals surface area contributed by atoms with E-state index in [4.69, 9.17) is 0 Å². The summed E-state index contributed by atoms with van der Waals surface area (Å²) in [5.74, 6) is 0.277. The molecule has 0 radical (unpaired) electrons. The molecular weight excluding hydrogens is 332 g/mol. The molecule has 8 nitrogen and oxygen atoms in total. The van der Waals surface area contributed by atoms with Gasteiger partial charge in [-0.05, 0) is 18.2 Å². The first-order chi connectivity index (χ1) is 11.5. The fraction of sp³-hybridized carbons (Fsp3) is 0.267. The van der Waals surface area contributed by atoms with Crippen molar-refractivity contribution in [2.45, 2.75) is 4.90 Å². The number of aromatic nitrogens is 1. The number of hydrogen-bond acceptors (Lipinski definition) is 6. The maximum atomic E-state index is 12.6. The van der Waals surface area contributed by atoms with Gasteiger partial charge in [0.05, 0.1) is 9.82 Å². The summed E-state index contributed by atoms with van der Waals surface area (Å²) in [5.41, 5.74) is -0.0723. The predicted octanol–water partition coefficient (Wildman–Crippen LogP) is 1.50. The fourth-order valence-electron chi connectivity index (χ4n) is 2.66. The lowest BCUT2D eigenvalue weighted by Gasteiger charge is -2.34. The number of sulfonamides is 1. The second-order valence-corrected chi connectivity index (χ2v) is 7.25. The summed E-state index contributed by atoms with van der Waals surface area (Å²) in [6.45, 7) is 1.21. The quantitative estimate of drug-likeness (QED) is 0.614. The molecule has 9 heteroatoms. The van der Waals surface area contributed by atoms with Crippen LogP contribution in [0.25, 0.3) is 0 Å². The maximum absolute atomic E-state index is 12.6. The number of hydrogen-bond donors (Lipinski definition) is 0. The minimum absolute atomic E-state index is 0.0723. The summed E-state index contributed by atoms with van der Waals surface area (Å²) in [7, 11) is -3.54. The Kier molecular flexibility index (Phi) is 4.45. The van der Waals surface area contributed by atoms with Gasteiger partial charge in [-0.25, -0.2) is 13.4 Å². The van der Waals surface area contributed by atoms with Crippen LogP contribution in [0.1, 0.15) is 0 Å². The molecule has 24 heavy (non-hydrogen) atoms. The van der Waals surface area contributed by atoms with E-state index in [0.717, 1.165) is 0 Å². The standard InChI is InChI=1S/C15H16N4O4S/c20-19(21)14-7-4-8-16-15(14)17-9-11-18(12-10-17)24(22,23)13-5-2-1-3-6-13/h1-8H,9-12H2. The van der Waals surface area contributed by atoms with E-state index >= 15 is 0 Å². The minimum atomic E-state index is -3.54. The van der Waals surface area contributed by atoms with E-state index in [-0.39, 0.29) is 29.5 Å². The normalized spacial score (nSPS) is 16.1. The van der Waals surface area contributed by atoms with Gasteiger partial charge in [0.1, 0.15) is 0 Å². The average Bonchev–Trinajstić information content (AvgIpc) is 2.62. The third-order valence-corrected chi connectivity index (χ3v) is 5.79. The lowest BCUT2D eigenvalue weighted by atomic mass is 10.3. The number of piperazine rings is 1. The molecule has 126 valence electrons. The number of pyridine rings is 1. The molecule has 0 spiro atoms. The van der Waals surface area contributed by atoms with Crippen molar-refractivity contribution >= 4 is 21.5 Å². The molecule has 0 amide bonds. The molecule has 0 atom stereocenters. The minimum Gasteiger partial charge on any atom is -0.348 e. The van der Waals surface area contributed by atoms with Gasteiger partial charge >= 0.3 is 5.69 Å². The van der Waals surface area contributed by atoms with Crippen LogP contribution in [0.15, 0.2) is 53.6 Å². The molecule has 1 saturated heterocycles. The van der Waals surface area contributed by atoms with Crippen LogP contribution in [-0.4, -0.2) is 48.8 Å². The summed E-state index contributed by atoms with van der Waals surface area (Å²) in [6.07, 6.45) is 1.50. The molecule has 2 heterocycles. The SMILES string of the molecule is O=[N+]([O-])c1cccnc1N1CCN(S(=O)(=O)c2ccccc2)CC1. The highest BCUT2D eigenvalue weighted by atomic mass is 32.2. The molecule has 0 unspecified atom stereocenters. The van der Waals surface area contributed by atoms with Gasteiger partial charge in [-0.1, -0.05) is 18.2 Å². The summed E-state index contributed by atoms with van der Waals surface area (Å²) in [4.78, 5) is 16.7. The molecular formula is C15H16N4O4S. The van der Waals surface area contributed by atoms with Gasteiger partial charge in [-0.3, -0.25) is 10.1 Å². The van der Waals surface area contributed by atoms with Crippen LogP contribution in [0.5, 0.6) is 0 Å². The smallest absolute Gasteiger partial charge is 0.311 e. The van der Waals surface area contributed by atoms with E-state index in [0.29, 0.717) is 13.1 Å². The second-order valence-electron chi connectivity index (χ2n) is 5.31. The van der Waals surface area contributed by atoms with E-state index in [1.165, 1.54) is 22.6 Å². The zero-order valence-corrected chi connectivity index (χ0v) is 13.6. The average molecular weight is 348 g/mol. The van der Waals surface area contributed by atoms with Crippen molar-refractivity contribution in [3.8, 4) is 0 Å². The van der Waals surface area contributed by atoms with E-state index in [1.807, 2.05) is 0 Å². The van der Waals surface area contributed by atoms with Gasteiger partial charge in [0.25, 0.3) is 0 Å². The highest BCUT2D eigenvalue weighted by Gasteiger charge is 2.30. The van der Waals surface area contributed by atoms with Crippen LogP contribution in [0.3, 0.4) is 0 Å². The first-order valence-corrected chi connectivity index (χ1v) is 8.84. The molecule has 0 saturated carbocycles. The number of rotatable bonds is 4. The molecule has 0 bridgehead atoms. The molecule has 1 fully saturated rings. The number of benzene rings is 1. The van der Waals surface area contributed by atoms with E-state index in [2.05, 4.69) is 4.98 Å². The Hall–Kier alpha value is -2.52. The van der Waals surface area contributed by atoms with Gasteiger partial charge < -0.3 is 4.90 Å². The summed E-state index contributed by atoms with van der Waals surface area (Å²) in [5, 5.41) is 11.1. The van der Waals surface area contributed by atoms with Crippen LogP contribution in [0.4, 0.5) is 11.5 Å². The summed E-state index contributed by atoms with van der Waals surface area (Å²) in [6, 6.07) is 11.2. The third-order valence-electron chi connectivity index (χ3n) is 3.88. The monoisotopic (exact) mass is 348 g/mol. The number of nitro groups is 1. The van der Waals surface area contributed by atoms with Gasteiger partial charge in [0, 0.05) is 38.4 Å². The molecule has 0 aliphatic carbocycles. The Bertz CT molecular complexity index is 834. The zero-order valence-electron chi connectivity index (χ0n) is 12.8. The van der Waals surface area contributed by atoms with Crippen molar-refractivity contribution < 1.29 is 13.3 Å². The van der Waals surface area contributed by atoms with E-state index in [9.17, 15) is 18.5 Å². The molecule has 3 rings (SSSR count). The molecule has 1 aliphatic heterocycles.